The third-order valence-corrected chi connectivity index (χ3v) is 6.29. The molecule has 0 bridgehead atoms. The summed E-state index contributed by atoms with van der Waals surface area (Å²) in [4.78, 5) is 12.9. The first kappa shape index (κ1) is 22.7. The fraction of sp³-hybridized carbons (Fsp3) is 0.240. The van der Waals surface area contributed by atoms with Crippen LogP contribution in [0.5, 0.6) is 0 Å². The molecule has 2 aromatic carbocycles. The molecular weight excluding hydrogens is 441 g/mol. The highest BCUT2D eigenvalue weighted by atomic mass is 35.5. The maximum Gasteiger partial charge on any atom is 0.255 e. The average molecular weight is 466 g/mol. The van der Waals surface area contributed by atoms with Crippen LogP contribution in [0.15, 0.2) is 48.5 Å². The molecule has 1 amide bonds. The Morgan fingerprint density at radius 3 is 2.18 bits per heavy atom. The molecule has 4 aromatic rings. The monoisotopic (exact) mass is 465 g/mol. The minimum Gasteiger partial charge on any atom is -0.319 e. The molecule has 2 heterocycles. The molecule has 1 N–H and O–H groups in total. The standard InChI is InChI=1S/C25H25ClFN5O/c1-15-23(26)17(3)31(29-15)13-19-9-11-20(12-10-19)25(33)28-24-16(2)30-32(18(24)4)14-21-7-5-6-8-22(21)27/h5-12H,13-14H2,1-4H3,(H,28,33). The van der Waals surface area contributed by atoms with Crippen molar-refractivity contribution in [2.75, 3.05) is 5.32 Å². The van der Waals surface area contributed by atoms with E-state index >= 15 is 0 Å². The Morgan fingerprint density at radius 1 is 0.909 bits per heavy atom. The smallest absolute Gasteiger partial charge is 0.255 e. The number of amides is 1. The molecule has 0 saturated heterocycles. The van der Waals surface area contributed by atoms with E-state index < -0.39 is 0 Å². The maximum atomic E-state index is 14.0. The van der Waals surface area contributed by atoms with Gasteiger partial charge in [-0.1, -0.05) is 41.9 Å². The molecule has 6 nitrogen and oxygen atoms in total. The summed E-state index contributed by atoms with van der Waals surface area (Å²) in [7, 11) is 0. The van der Waals surface area contributed by atoms with Gasteiger partial charge < -0.3 is 5.32 Å². The Hall–Kier alpha value is -3.45. The van der Waals surface area contributed by atoms with Crippen LogP contribution in [0.3, 0.4) is 0 Å². The number of carbonyl (C=O) groups is 1. The number of benzene rings is 2. The van der Waals surface area contributed by atoms with Gasteiger partial charge in [0, 0.05) is 11.1 Å². The SMILES string of the molecule is Cc1nn(Cc2ccc(C(=O)Nc3c(C)nn(Cc4ccccc4F)c3C)cc2)c(C)c1Cl. The highest BCUT2D eigenvalue weighted by molar-refractivity contribution is 6.31. The van der Waals surface area contributed by atoms with Gasteiger partial charge in [0.25, 0.3) is 5.91 Å². The van der Waals surface area contributed by atoms with Crippen LogP contribution in [0.4, 0.5) is 10.1 Å². The van der Waals surface area contributed by atoms with E-state index in [2.05, 4.69) is 15.5 Å². The molecule has 0 aliphatic carbocycles. The zero-order valence-corrected chi connectivity index (χ0v) is 19.7. The highest BCUT2D eigenvalue weighted by Crippen LogP contribution is 2.23. The molecule has 4 rings (SSSR count). The molecular formula is C25H25ClFN5O. The van der Waals surface area contributed by atoms with Crippen LogP contribution in [0, 0.1) is 33.5 Å². The van der Waals surface area contributed by atoms with E-state index in [1.807, 2.05) is 44.5 Å². The summed E-state index contributed by atoms with van der Waals surface area (Å²) in [6, 6.07) is 14.0. The zero-order chi connectivity index (χ0) is 23.7. The predicted octanol–water partition coefficient (Wildman–Crippen LogP) is 5.45. The van der Waals surface area contributed by atoms with Gasteiger partial charge in [0.1, 0.15) is 5.82 Å². The van der Waals surface area contributed by atoms with E-state index in [4.69, 9.17) is 11.6 Å². The number of hydrogen-bond acceptors (Lipinski definition) is 3. The molecule has 0 atom stereocenters. The van der Waals surface area contributed by atoms with Gasteiger partial charge in [0.15, 0.2) is 0 Å². The number of nitrogens with one attached hydrogen (secondary N) is 1. The summed E-state index contributed by atoms with van der Waals surface area (Å²) >= 11 is 6.23. The van der Waals surface area contributed by atoms with E-state index in [9.17, 15) is 9.18 Å². The Balaban J connectivity index is 1.47. The number of halogens is 2. The minimum absolute atomic E-state index is 0.229. The summed E-state index contributed by atoms with van der Waals surface area (Å²) in [5.41, 5.74) is 5.88. The third kappa shape index (κ3) is 4.68. The molecule has 170 valence electrons. The van der Waals surface area contributed by atoms with Gasteiger partial charge in [0.2, 0.25) is 0 Å². The van der Waals surface area contributed by atoms with Crippen molar-refractivity contribution in [2.24, 2.45) is 0 Å². The van der Waals surface area contributed by atoms with Gasteiger partial charge in [0.05, 0.1) is 46.6 Å². The minimum atomic E-state index is -0.279. The van der Waals surface area contributed by atoms with E-state index in [0.29, 0.717) is 40.6 Å². The largest absolute Gasteiger partial charge is 0.319 e. The topological polar surface area (TPSA) is 64.7 Å². The maximum absolute atomic E-state index is 14.0. The van der Waals surface area contributed by atoms with Gasteiger partial charge in [-0.15, -0.1) is 0 Å². The van der Waals surface area contributed by atoms with E-state index in [1.54, 1.807) is 35.0 Å². The lowest BCUT2D eigenvalue weighted by Gasteiger charge is -2.09. The number of anilines is 1. The number of rotatable bonds is 6. The number of carbonyl (C=O) groups excluding carboxylic acids is 1. The van der Waals surface area contributed by atoms with E-state index in [1.165, 1.54) is 6.07 Å². The van der Waals surface area contributed by atoms with Gasteiger partial charge in [-0.05, 0) is 51.5 Å². The highest BCUT2D eigenvalue weighted by Gasteiger charge is 2.17. The van der Waals surface area contributed by atoms with Crippen molar-refractivity contribution in [1.29, 1.82) is 0 Å². The second-order valence-electron chi connectivity index (χ2n) is 8.09. The summed E-state index contributed by atoms with van der Waals surface area (Å²) in [5.74, 6) is -0.509. The molecule has 2 aromatic heterocycles. The molecule has 8 heteroatoms. The van der Waals surface area contributed by atoms with Crippen LogP contribution >= 0.6 is 11.6 Å². The number of aromatic nitrogens is 4. The predicted molar refractivity (Wildman–Crippen MR) is 127 cm³/mol. The van der Waals surface area contributed by atoms with Crippen LogP contribution in [0.25, 0.3) is 0 Å². The molecule has 0 fully saturated rings. The van der Waals surface area contributed by atoms with Crippen LogP contribution in [-0.2, 0) is 13.1 Å². The van der Waals surface area contributed by atoms with Crippen LogP contribution in [0.2, 0.25) is 5.02 Å². The quantitative estimate of drug-likeness (QED) is 0.411. The summed E-state index contributed by atoms with van der Waals surface area (Å²) in [6.45, 7) is 8.35. The molecule has 0 unspecified atom stereocenters. The van der Waals surface area contributed by atoms with Crippen molar-refractivity contribution in [2.45, 2.75) is 40.8 Å². The first-order valence-electron chi connectivity index (χ1n) is 10.6. The lowest BCUT2D eigenvalue weighted by atomic mass is 10.1. The van der Waals surface area contributed by atoms with Gasteiger partial charge in [-0.25, -0.2) is 4.39 Å². The van der Waals surface area contributed by atoms with Crippen LogP contribution in [0.1, 0.15) is 44.3 Å². The molecule has 0 saturated carbocycles. The van der Waals surface area contributed by atoms with Crippen molar-refractivity contribution in [3.63, 3.8) is 0 Å². The van der Waals surface area contributed by atoms with Crippen LogP contribution < -0.4 is 5.32 Å². The van der Waals surface area contributed by atoms with E-state index in [-0.39, 0.29) is 11.7 Å². The normalized spacial score (nSPS) is 11.1. The number of nitrogens with zero attached hydrogens (tertiary/aromatic N) is 4. The van der Waals surface area contributed by atoms with Crippen LogP contribution in [-0.4, -0.2) is 25.5 Å². The van der Waals surface area contributed by atoms with Crippen molar-refractivity contribution in [1.82, 2.24) is 19.6 Å². The first-order chi connectivity index (χ1) is 15.7. The van der Waals surface area contributed by atoms with Gasteiger partial charge in [-0.2, -0.15) is 10.2 Å². The fourth-order valence-electron chi connectivity index (χ4n) is 3.77. The third-order valence-electron chi connectivity index (χ3n) is 5.74. The Kier molecular flexibility index (Phi) is 6.33. The van der Waals surface area contributed by atoms with Crippen molar-refractivity contribution in [3.8, 4) is 0 Å². The summed E-state index contributed by atoms with van der Waals surface area (Å²) in [6.07, 6.45) is 0. The second kappa shape index (κ2) is 9.19. The number of hydrogen-bond donors (Lipinski definition) is 1. The molecule has 0 spiro atoms. The van der Waals surface area contributed by atoms with Gasteiger partial charge >= 0.3 is 0 Å². The van der Waals surface area contributed by atoms with Crippen molar-refractivity contribution in [3.05, 3.63) is 98.8 Å². The van der Waals surface area contributed by atoms with Crippen molar-refractivity contribution < 1.29 is 9.18 Å². The molecule has 0 radical (unpaired) electrons. The first-order valence-corrected chi connectivity index (χ1v) is 11.0. The number of aryl methyl sites for hydroxylation is 2. The Bertz CT molecular complexity index is 1320. The average Bonchev–Trinajstić information content (AvgIpc) is 3.19. The second-order valence-corrected chi connectivity index (χ2v) is 8.47. The lowest BCUT2D eigenvalue weighted by Crippen LogP contribution is -2.14. The summed E-state index contributed by atoms with van der Waals surface area (Å²) < 4.78 is 17.6. The van der Waals surface area contributed by atoms with Gasteiger partial charge in [-0.3, -0.25) is 14.2 Å². The molecule has 0 aliphatic heterocycles. The Morgan fingerprint density at radius 2 is 1.55 bits per heavy atom. The lowest BCUT2D eigenvalue weighted by molar-refractivity contribution is 0.102. The summed E-state index contributed by atoms with van der Waals surface area (Å²) in [5, 5.41) is 12.6. The zero-order valence-electron chi connectivity index (χ0n) is 19.0. The molecule has 0 aliphatic rings. The fourth-order valence-corrected chi connectivity index (χ4v) is 3.90. The van der Waals surface area contributed by atoms with E-state index in [0.717, 1.165) is 22.6 Å². The Labute approximate surface area is 197 Å². The molecule has 33 heavy (non-hydrogen) atoms. The van der Waals surface area contributed by atoms with Crippen molar-refractivity contribution >= 4 is 23.2 Å².